The van der Waals surface area contributed by atoms with E-state index in [2.05, 4.69) is 4.99 Å². The van der Waals surface area contributed by atoms with Crippen molar-refractivity contribution in [1.29, 1.82) is 0 Å². The van der Waals surface area contributed by atoms with E-state index in [0.717, 1.165) is 0 Å². The first-order valence-electron chi connectivity index (χ1n) is 5.37. The highest BCUT2D eigenvalue weighted by atomic mass is 32.2. The number of nitrogens with two attached hydrogens (primary N) is 2. The molecule has 0 bridgehead atoms. The van der Waals surface area contributed by atoms with Gasteiger partial charge in [0.15, 0.2) is 5.96 Å². The van der Waals surface area contributed by atoms with Crippen LogP contribution >= 0.6 is 0 Å². The van der Waals surface area contributed by atoms with E-state index in [1.54, 1.807) is 0 Å². The molecule has 0 heterocycles. The number of aromatic carboxylic acids is 1. The molecule has 0 spiro atoms. The predicted molar refractivity (Wildman–Crippen MR) is 83.8 cm³/mol. The van der Waals surface area contributed by atoms with Gasteiger partial charge in [-0.15, -0.1) is 0 Å². The van der Waals surface area contributed by atoms with Crippen LogP contribution in [0, 0.1) is 0 Å². The van der Waals surface area contributed by atoms with Crippen molar-refractivity contribution in [3.63, 3.8) is 0 Å². The molecule has 11 nitrogen and oxygen atoms in total. The maximum Gasteiger partial charge on any atom is 0.335 e. The molecule has 0 aliphatic heterocycles. The molecule has 0 aliphatic rings. The van der Waals surface area contributed by atoms with Gasteiger partial charge in [0.25, 0.3) is 20.2 Å². The van der Waals surface area contributed by atoms with E-state index in [9.17, 15) is 21.6 Å². The molecule has 0 radical (unpaired) electrons. The molecule has 1 aromatic rings. The number of rotatable bonds is 2. The van der Waals surface area contributed by atoms with Gasteiger partial charge in [-0.05, 0) is 24.3 Å². The van der Waals surface area contributed by atoms with E-state index in [0.29, 0.717) is 18.2 Å². The minimum absolute atomic E-state index is 0.0527. The number of carboxylic acid groups (broad SMARTS) is 1. The first-order chi connectivity index (χ1) is 10.1. The molecule has 0 amide bonds. The maximum atomic E-state index is 10.4. The number of benzene rings is 1. The van der Waals surface area contributed by atoms with Gasteiger partial charge in [-0.3, -0.25) is 9.11 Å². The smallest absolute Gasteiger partial charge is 0.335 e. The zero-order valence-electron chi connectivity index (χ0n) is 12.1. The van der Waals surface area contributed by atoms with Crippen LogP contribution in [0.3, 0.4) is 0 Å². The first kappa shape index (κ1) is 23.1. The van der Waals surface area contributed by atoms with Crippen LogP contribution in [0.15, 0.2) is 29.3 Å². The van der Waals surface area contributed by atoms with Crippen LogP contribution in [0.4, 0.5) is 5.69 Å². The first-order valence-corrected chi connectivity index (χ1v) is 9.07. The molecule has 0 atom stereocenters. The summed E-state index contributed by atoms with van der Waals surface area (Å²) in [4.78, 5) is 14.2. The molecule has 0 unspecified atom stereocenters. The van der Waals surface area contributed by atoms with Crippen LogP contribution in [-0.2, 0) is 20.2 Å². The summed E-state index contributed by atoms with van der Waals surface area (Å²) < 4.78 is 51.7. The van der Waals surface area contributed by atoms with Gasteiger partial charge < -0.3 is 16.6 Å². The molecule has 0 saturated heterocycles. The van der Waals surface area contributed by atoms with E-state index >= 15 is 0 Å². The van der Waals surface area contributed by atoms with Crippen molar-refractivity contribution >= 4 is 37.9 Å². The Morgan fingerprint density at radius 1 is 0.957 bits per heavy atom. The van der Waals surface area contributed by atoms with Crippen molar-refractivity contribution in [2.45, 2.75) is 0 Å². The second-order valence-electron chi connectivity index (χ2n) is 3.85. The van der Waals surface area contributed by atoms with Gasteiger partial charge in [0.2, 0.25) is 0 Å². The Labute approximate surface area is 133 Å². The number of guanidine groups is 1. The standard InChI is InChI=1S/C8H9N3O2.2CH4O3S/c9-8(10)11-6-3-1-5(2-4-6)7(12)13;2*1-5(2,3)4/h1-4H,(H,12,13)(H4,9,10,11);2*1H3,(H,2,3,4). The maximum absolute atomic E-state index is 10.4. The largest absolute Gasteiger partial charge is 0.478 e. The quantitative estimate of drug-likeness (QED) is 0.250. The summed E-state index contributed by atoms with van der Waals surface area (Å²) in [6.45, 7) is 0. The fraction of sp³-hybridized carbons (Fsp3) is 0.200. The molecule has 7 N–H and O–H groups in total. The van der Waals surface area contributed by atoms with Gasteiger partial charge in [0, 0.05) is 0 Å². The average Bonchev–Trinajstić information content (AvgIpc) is 2.24. The molecule has 0 fully saturated rings. The lowest BCUT2D eigenvalue weighted by molar-refractivity contribution is 0.0697. The fourth-order valence-electron chi connectivity index (χ4n) is 0.828. The third-order valence-electron chi connectivity index (χ3n) is 1.37. The third kappa shape index (κ3) is 25.1. The number of carbonyl (C=O) groups is 1. The van der Waals surface area contributed by atoms with Crippen molar-refractivity contribution in [1.82, 2.24) is 0 Å². The van der Waals surface area contributed by atoms with Crippen LogP contribution in [0.5, 0.6) is 0 Å². The van der Waals surface area contributed by atoms with Crippen molar-refractivity contribution in [3.05, 3.63) is 29.8 Å². The number of hydrogen-bond donors (Lipinski definition) is 5. The molecular formula is C10H17N3O8S2. The SMILES string of the molecule is CS(=O)(=O)O.CS(=O)(=O)O.NC(N)=Nc1ccc(C(=O)O)cc1. The number of nitrogens with zero attached hydrogens (tertiary/aromatic N) is 1. The Kier molecular flexibility index (Phi) is 9.75. The second kappa shape index (κ2) is 9.73. The zero-order valence-corrected chi connectivity index (χ0v) is 13.7. The Morgan fingerprint density at radius 3 is 1.48 bits per heavy atom. The number of hydrogen-bond acceptors (Lipinski definition) is 6. The summed E-state index contributed by atoms with van der Waals surface area (Å²) in [5, 5.41) is 8.57. The number of aliphatic imine (C=N–C) groups is 1. The summed E-state index contributed by atoms with van der Waals surface area (Å²) in [6, 6.07) is 5.93. The Balaban J connectivity index is 0. The molecule has 132 valence electrons. The molecule has 13 heteroatoms. The summed E-state index contributed by atoms with van der Waals surface area (Å²) in [6.07, 6.45) is 1.43. The Bertz CT molecular complexity index is 689. The van der Waals surface area contributed by atoms with Gasteiger partial charge in [0.1, 0.15) is 0 Å². The van der Waals surface area contributed by atoms with Crippen molar-refractivity contribution in [3.8, 4) is 0 Å². The number of carboxylic acids is 1. The highest BCUT2D eigenvalue weighted by Crippen LogP contribution is 2.12. The van der Waals surface area contributed by atoms with Gasteiger partial charge >= 0.3 is 5.97 Å². The third-order valence-corrected chi connectivity index (χ3v) is 1.37. The van der Waals surface area contributed by atoms with Gasteiger partial charge in [0.05, 0.1) is 23.8 Å². The topological polar surface area (TPSA) is 210 Å². The molecule has 1 rings (SSSR count). The molecule has 1 aromatic carbocycles. The van der Waals surface area contributed by atoms with E-state index in [4.69, 9.17) is 25.7 Å². The van der Waals surface area contributed by atoms with Gasteiger partial charge in [-0.25, -0.2) is 9.79 Å². The van der Waals surface area contributed by atoms with Crippen LogP contribution < -0.4 is 11.5 Å². The molecular weight excluding hydrogens is 354 g/mol. The van der Waals surface area contributed by atoms with Crippen molar-refractivity contribution in [2.24, 2.45) is 16.5 Å². The van der Waals surface area contributed by atoms with E-state index < -0.39 is 26.2 Å². The molecule has 0 aliphatic carbocycles. The lowest BCUT2D eigenvalue weighted by atomic mass is 10.2. The van der Waals surface area contributed by atoms with Crippen LogP contribution in [0.1, 0.15) is 10.4 Å². The van der Waals surface area contributed by atoms with Crippen LogP contribution in [0.2, 0.25) is 0 Å². The van der Waals surface area contributed by atoms with Crippen molar-refractivity contribution < 1.29 is 35.8 Å². The summed E-state index contributed by atoms with van der Waals surface area (Å²) in [7, 11) is -7.33. The van der Waals surface area contributed by atoms with Crippen molar-refractivity contribution in [2.75, 3.05) is 12.5 Å². The van der Waals surface area contributed by atoms with Gasteiger partial charge in [-0.1, -0.05) is 0 Å². The highest BCUT2D eigenvalue weighted by molar-refractivity contribution is 7.85. The monoisotopic (exact) mass is 371 g/mol. The normalized spacial score (nSPS) is 10.3. The summed E-state index contributed by atoms with van der Waals surface area (Å²) in [5.74, 6) is -1.03. The molecule has 0 saturated carbocycles. The minimum atomic E-state index is -3.67. The van der Waals surface area contributed by atoms with Crippen LogP contribution in [-0.4, -0.2) is 55.5 Å². The predicted octanol–water partition coefficient (Wildman–Crippen LogP) is -0.702. The minimum Gasteiger partial charge on any atom is -0.478 e. The fourth-order valence-corrected chi connectivity index (χ4v) is 0.828. The molecule has 0 aromatic heterocycles. The Morgan fingerprint density at radius 2 is 1.26 bits per heavy atom. The van der Waals surface area contributed by atoms with Crippen LogP contribution in [0.25, 0.3) is 0 Å². The van der Waals surface area contributed by atoms with E-state index in [-0.39, 0.29) is 11.5 Å². The summed E-state index contributed by atoms with van der Waals surface area (Å²) >= 11 is 0. The average molecular weight is 371 g/mol. The lowest BCUT2D eigenvalue weighted by Crippen LogP contribution is -2.21. The lowest BCUT2D eigenvalue weighted by Gasteiger charge is -1.95. The second-order valence-corrected chi connectivity index (χ2v) is 6.79. The summed E-state index contributed by atoms with van der Waals surface area (Å²) in [5.41, 5.74) is 11.0. The van der Waals surface area contributed by atoms with E-state index in [1.807, 2.05) is 0 Å². The Hall–Kier alpha value is -2.22. The molecule has 23 heavy (non-hydrogen) atoms. The zero-order chi connectivity index (χ0) is 18.8. The highest BCUT2D eigenvalue weighted by Gasteiger charge is 2.00. The van der Waals surface area contributed by atoms with E-state index in [1.165, 1.54) is 24.3 Å². The van der Waals surface area contributed by atoms with Gasteiger partial charge in [-0.2, -0.15) is 16.8 Å².